The van der Waals surface area contributed by atoms with Crippen LogP contribution in [0.3, 0.4) is 0 Å². The van der Waals surface area contributed by atoms with Crippen LogP contribution in [0, 0.1) is 0 Å². The Morgan fingerprint density at radius 2 is 2.22 bits per heavy atom. The molecule has 18 heavy (non-hydrogen) atoms. The van der Waals surface area contributed by atoms with Crippen LogP contribution < -0.4 is 5.32 Å². The number of rotatable bonds is 7. The number of hydrogen-bond donors (Lipinski definition) is 1. The fourth-order valence-electron chi connectivity index (χ4n) is 1.72. The molecule has 2 heterocycles. The average Bonchev–Trinajstić information content (AvgIpc) is 2.81. The minimum atomic E-state index is 0.298. The van der Waals surface area contributed by atoms with Crippen LogP contribution in [0.1, 0.15) is 19.3 Å². The average molecular weight is 286 g/mol. The van der Waals surface area contributed by atoms with Crippen molar-refractivity contribution in [1.29, 1.82) is 0 Å². The van der Waals surface area contributed by atoms with Gasteiger partial charge in [0.05, 0.1) is 5.39 Å². The molecule has 2 aromatic rings. The van der Waals surface area contributed by atoms with Crippen molar-refractivity contribution in [2.75, 3.05) is 25.6 Å². The monoisotopic (exact) mass is 285 g/mol. The van der Waals surface area contributed by atoms with E-state index in [2.05, 4.69) is 15.3 Å². The number of thiophene rings is 1. The Kier molecular flexibility index (Phi) is 5.16. The topological polar surface area (TPSA) is 47.0 Å². The SMILES string of the molecule is COCCCCCNc1nc(Cl)nc2sccc12. The van der Waals surface area contributed by atoms with Crippen LogP contribution in [-0.2, 0) is 4.74 Å². The second-order valence-electron chi connectivity index (χ2n) is 3.96. The third-order valence-electron chi connectivity index (χ3n) is 2.62. The van der Waals surface area contributed by atoms with E-state index in [9.17, 15) is 0 Å². The highest BCUT2D eigenvalue weighted by Gasteiger charge is 2.06. The van der Waals surface area contributed by atoms with Gasteiger partial charge in [-0.3, -0.25) is 0 Å². The Labute approximate surface area is 115 Å². The highest BCUT2D eigenvalue weighted by atomic mass is 35.5. The standard InChI is InChI=1S/C12H16ClN3OS/c1-17-7-4-2-3-6-14-10-9-5-8-18-11(9)16-12(13)15-10/h5,8H,2-4,6-7H2,1H3,(H,14,15,16). The molecule has 0 atom stereocenters. The first-order chi connectivity index (χ1) is 8.81. The van der Waals surface area contributed by atoms with Gasteiger partial charge in [0.15, 0.2) is 0 Å². The number of fused-ring (bicyclic) bond motifs is 1. The predicted molar refractivity (Wildman–Crippen MR) is 76.6 cm³/mol. The third-order valence-corrected chi connectivity index (χ3v) is 3.59. The lowest BCUT2D eigenvalue weighted by molar-refractivity contribution is 0.192. The van der Waals surface area contributed by atoms with Gasteiger partial charge < -0.3 is 10.1 Å². The predicted octanol–water partition coefficient (Wildman–Crippen LogP) is 3.57. The van der Waals surface area contributed by atoms with Crippen molar-refractivity contribution < 1.29 is 4.74 Å². The molecular formula is C12H16ClN3OS. The Hall–Kier alpha value is -0.910. The minimum absolute atomic E-state index is 0.298. The molecule has 0 spiro atoms. The van der Waals surface area contributed by atoms with Crippen molar-refractivity contribution in [2.45, 2.75) is 19.3 Å². The zero-order valence-electron chi connectivity index (χ0n) is 10.3. The van der Waals surface area contributed by atoms with Gasteiger partial charge in [-0.1, -0.05) is 0 Å². The maximum absolute atomic E-state index is 5.89. The van der Waals surface area contributed by atoms with Crippen molar-refractivity contribution in [2.24, 2.45) is 0 Å². The summed E-state index contributed by atoms with van der Waals surface area (Å²) < 4.78 is 5.01. The summed E-state index contributed by atoms with van der Waals surface area (Å²) in [6, 6.07) is 2.02. The van der Waals surface area contributed by atoms with Crippen LogP contribution in [-0.4, -0.2) is 30.2 Å². The fourth-order valence-corrected chi connectivity index (χ4v) is 2.70. The molecule has 0 saturated carbocycles. The normalized spacial score (nSPS) is 11.0. The summed E-state index contributed by atoms with van der Waals surface area (Å²) in [6.45, 7) is 1.72. The largest absolute Gasteiger partial charge is 0.385 e. The summed E-state index contributed by atoms with van der Waals surface area (Å²) >= 11 is 7.46. The quantitative estimate of drug-likeness (QED) is 0.624. The lowest BCUT2D eigenvalue weighted by Crippen LogP contribution is -2.04. The van der Waals surface area contributed by atoms with E-state index in [-0.39, 0.29) is 0 Å². The third kappa shape index (κ3) is 3.54. The number of hydrogen-bond acceptors (Lipinski definition) is 5. The first kappa shape index (κ1) is 13.5. The van der Waals surface area contributed by atoms with Crippen LogP contribution in [0.4, 0.5) is 5.82 Å². The number of nitrogens with one attached hydrogen (secondary N) is 1. The summed E-state index contributed by atoms with van der Waals surface area (Å²) in [7, 11) is 1.73. The molecular weight excluding hydrogens is 270 g/mol. The van der Waals surface area contributed by atoms with E-state index in [1.54, 1.807) is 18.4 Å². The smallest absolute Gasteiger partial charge is 0.225 e. The zero-order valence-corrected chi connectivity index (χ0v) is 11.9. The van der Waals surface area contributed by atoms with Gasteiger partial charge in [0, 0.05) is 20.3 Å². The number of methoxy groups -OCH3 is 1. The van der Waals surface area contributed by atoms with E-state index >= 15 is 0 Å². The number of nitrogens with zero attached hydrogens (tertiary/aromatic N) is 2. The molecule has 0 unspecified atom stereocenters. The first-order valence-corrected chi connectivity index (χ1v) is 7.20. The van der Waals surface area contributed by atoms with Crippen molar-refractivity contribution in [3.05, 3.63) is 16.7 Å². The molecule has 2 rings (SSSR count). The summed E-state index contributed by atoms with van der Waals surface area (Å²) in [5.74, 6) is 0.831. The Balaban J connectivity index is 1.89. The molecule has 0 aliphatic rings. The number of unbranched alkanes of at least 4 members (excludes halogenated alkanes) is 2. The van der Waals surface area contributed by atoms with Crippen molar-refractivity contribution in [3.63, 3.8) is 0 Å². The van der Waals surface area contributed by atoms with E-state index in [4.69, 9.17) is 16.3 Å². The highest BCUT2D eigenvalue weighted by molar-refractivity contribution is 7.16. The maximum atomic E-state index is 5.89. The molecule has 98 valence electrons. The number of ether oxygens (including phenoxy) is 1. The summed E-state index contributed by atoms with van der Waals surface area (Å²) in [5, 5.41) is 6.66. The van der Waals surface area contributed by atoms with Crippen LogP contribution >= 0.6 is 22.9 Å². The highest BCUT2D eigenvalue weighted by Crippen LogP contribution is 2.26. The van der Waals surface area contributed by atoms with Gasteiger partial charge in [-0.15, -0.1) is 11.3 Å². The number of halogens is 1. The zero-order chi connectivity index (χ0) is 12.8. The van der Waals surface area contributed by atoms with Gasteiger partial charge in [0.1, 0.15) is 10.6 Å². The lowest BCUT2D eigenvalue weighted by atomic mass is 10.2. The molecule has 6 heteroatoms. The van der Waals surface area contributed by atoms with E-state index < -0.39 is 0 Å². The number of anilines is 1. The molecule has 2 aromatic heterocycles. The van der Waals surface area contributed by atoms with E-state index in [0.29, 0.717) is 5.28 Å². The summed E-state index contributed by atoms with van der Waals surface area (Å²) in [5.41, 5.74) is 0. The van der Waals surface area contributed by atoms with Crippen LogP contribution in [0.15, 0.2) is 11.4 Å². The number of aromatic nitrogens is 2. The molecule has 0 bridgehead atoms. The van der Waals surface area contributed by atoms with E-state index in [1.165, 1.54) is 0 Å². The van der Waals surface area contributed by atoms with Gasteiger partial charge in [-0.05, 0) is 42.3 Å². The first-order valence-electron chi connectivity index (χ1n) is 5.95. The van der Waals surface area contributed by atoms with Gasteiger partial charge in [0.25, 0.3) is 0 Å². The van der Waals surface area contributed by atoms with Crippen molar-refractivity contribution in [1.82, 2.24) is 9.97 Å². The van der Waals surface area contributed by atoms with E-state index in [0.717, 1.165) is 48.4 Å². The summed E-state index contributed by atoms with van der Waals surface area (Å²) in [6.07, 6.45) is 3.33. The lowest BCUT2D eigenvalue weighted by Gasteiger charge is -2.06. The molecule has 0 aromatic carbocycles. The van der Waals surface area contributed by atoms with Gasteiger partial charge in [0.2, 0.25) is 5.28 Å². The van der Waals surface area contributed by atoms with Crippen LogP contribution in [0.25, 0.3) is 10.2 Å². The molecule has 4 nitrogen and oxygen atoms in total. The second-order valence-corrected chi connectivity index (χ2v) is 5.19. The van der Waals surface area contributed by atoms with Crippen molar-refractivity contribution in [3.8, 4) is 0 Å². The fraction of sp³-hybridized carbons (Fsp3) is 0.500. The van der Waals surface area contributed by atoms with Crippen molar-refractivity contribution >= 4 is 39.0 Å². The Bertz CT molecular complexity index is 503. The molecule has 0 aliphatic heterocycles. The maximum Gasteiger partial charge on any atom is 0.225 e. The molecule has 0 radical (unpaired) electrons. The Morgan fingerprint density at radius 1 is 1.33 bits per heavy atom. The molecule has 0 aliphatic carbocycles. The molecule has 0 saturated heterocycles. The second kappa shape index (κ2) is 6.87. The van der Waals surface area contributed by atoms with Gasteiger partial charge >= 0.3 is 0 Å². The molecule has 0 fully saturated rings. The molecule has 1 N–H and O–H groups in total. The molecule has 0 amide bonds. The minimum Gasteiger partial charge on any atom is -0.385 e. The van der Waals surface area contributed by atoms with Crippen LogP contribution in [0.2, 0.25) is 5.28 Å². The van der Waals surface area contributed by atoms with Gasteiger partial charge in [-0.2, -0.15) is 0 Å². The Morgan fingerprint density at radius 3 is 3.06 bits per heavy atom. The summed E-state index contributed by atoms with van der Waals surface area (Å²) in [4.78, 5) is 9.34. The van der Waals surface area contributed by atoms with Gasteiger partial charge in [-0.25, -0.2) is 9.97 Å². The van der Waals surface area contributed by atoms with Crippen LogP contribution in [0.5, 0.6) is 0 Å². The van der Waals surface area contributed by atoms with E-state index in [1.807, 2.05) is 11.4 Å².